The monoisotopic (exact) mass is 428 g/mol. The molecular formula is C15H11Br2FN2S. The van der Waals surface area contributed by atoms with E-state index < -0.39 is 0 Å². The lowest BCUT2D eigenvalue weighted by Gasteiger charge is -2.10. The summed E-state index contributed by atoms with van der Waals surface area (Å²) in [5.74, 6) is -0.311. The Morgan fingerprint density at radius 2 is 1.71 bits per heavy atom. The van der Waals surface area contributed by atoms with Crippen molar-refractivity contribution in [3.05, 3.63) is 54.9 Å². The van der Waals surface area contributed by atoms with Gasteiger partial charge >= 0.3 is 0 Å². The third-order valence-corrected chi connectivity index (χ3v) is 5.55. The molecule has 0 saturated heterocycles. The van der Waals surface area contributed by atoms with Gasteiger partial charge < -0.3 is 4.98 Å². The molecule has 108 valence electrons. The summed E-state index contributed by atoms with van der Waals surface area (Å²) in [5, 5.41) is 0. The van der Waals surface area contributed by atoms with Gasteiger partial charge in [-0.3, -0.25) is 4.57 Å². The zero-order chi connectivity index (χ0) is 15.3. The Morgan fingerprint density at radius 1 is 1.10 bits per heavy atom. The number of hydrogen-bond donors (Lipinski definition) is 1. The highest BCUT2D eigenvalue weighted by molar-refractivity contribution is 9.10. The summed E-state index contributed by atoms with van der Waals surface area (Å²) in [6, 6.07) is 7.29. The van der Waals surface area contributed by atoms with Crippen molar-refractivity contribution < 1.29 is 4.39 Å². The summed E-state index contributed by atoms with van der Waals surface area (Å²) < 4.78 is 17.6. The second-order valence-electron chi connectivity index (χ2n) is 4.94. The van der Waals surface area contributed by atoms with E-state index in [4.69, 9.17) is 12.2 Å². The van der Waals surface area contributed by atoms with Gasteiger partial charge in [-0.15, -0.1) is 0 Å². The van der Waals surface area contributed by atoms with Crippen LogP contribution in [0.1, 0.15) is 11.1 Å². The summed E-state index contributed by atoms with van der Waals surface area (Å²) in [6.45, 7) is 4.07. The molecule has 0 spiro atoms. The van der Waals surface area contributed by atoms with E-state index in [9.17, 15) is 4.39 Å². The Labute approximate surface area is 143 Å². The molecule has 1 aromatic heterocycles. The van der Waals surface area contributed by atoms with Crippen LogP contribution >= 0.6 is 44.1 Å². The molecule has 0 aliphatic heterocycles. The zero-order valence-corrected chi connectivity index (χ0v) is 15.3. The Balaban J connectivity index is 2.37. The van der Waals surface area contributed by atoms with Crippen molar-refractivity contribution in [3.8, 4) is 5.69 Å². The lowest BCUT2D eigenvalue weighted by atomic mass is 10.1. The molecule has 1 heterocycles. The predicted molar refractivity (Wildman–Crippen MR) is 93.3 cm³/mol. The quantitative estimate of drug-likeness (QED) is 0.472. The van der Waals surface area contributed by atoms with Gasteiger partial charge in [0, 0.05) is 16.2 Å². The highest BCUT2D eigenvalue weighted by Gasteiger charge is 2.12. The number of H-pyrrole nitrogens is 1. The first kappa shape index (κ1) is 14.9. The minimum atomic E-state index is -0.311. The lowest BCUT2D eigenvalue weighted by molar-refractivity contribution is 0.623. The first-order chi connectivity index (χ1) is 9.88. The van der Waals surface area contributed by atoms with Crippen LogP contribution in [0.15, 0.2) is 33.2 Å². The fourth-order valence-electron chi connectivity index (χ4n) is 2.41. The molecule has 0 atom stereocenters. The maximum atomic E-state index is 13.7. The first-order valence-corrected chi connectivity index (χ1v) is 8.25. The molecule has 1 N–H and O–H groups in total. The molecule has 0 aliphatic rings. The molecule has 0 fully saturated rings. The summed E-state index contributed by atoms with van der Waals surface area (Å²) >= 11 is 12.2. The summed E-state index contributed by atoms with van der Waals surface area (Å²) in [6.07, 6.45) is 0. The lowest BCUT2D eigenvalue weighted by Crippen LogP contribution is -1.97. The van der Waals surface area contributed by atoms with Gasteiger partial charge in [0.05, 0.1) is 15.5 Å². The number of aromatic amines is 1. The van der Waals surface area contributed by atoms with Gasteiger partial charge in [0.25, 0.3) is 0 Å². The normalized spacial score (nSPS) is 11.3. The van der Waals surface area contributed by atoms with Crippen molar-refractivity contribution in [1.29, 1.82) is 0 Å². The Morgan fingerprint density at radius 3 is 2.33 bits per heavy atom. The van der Waals surface area contributed by atoms with Crippen molar-refractivity contribution in [2.75, 3.05) is 0 Å². The van der Waals surface area contributed by atoms with E-state index in [1.807, 2.05) is 18.4 Å². The third-order valence-electron chi connectivity index (χ3n) is 3.40. The molecule has 21 heavy (non-hydrogen) atoms. The second kappa shape index (κ2) is 5.34. The molecule has 0 radical (unpaired) electrons. The Kier molecular flexibility index (Phi) is 3.80. The van der Waals surface area contributed by atoms with Crippen LogP contribution in [-0.4, -0.2) is 9.55 Å². The molecule has 3 aromatic rings. The number of aromatic nitrogens is 2. The van der Waals surface area contributed by atoms with E-state index >= 15 is 0 Å². The van der Waals surface area contributed by atoms with Crippen molar-refractivity contribution in [2.24, 2.45) is 0 Å². The van der Waals surface area contributed by atoms with E-state index in [0.29, 0.717) is 14.8 Å². The van der Waals surface area contributed by atoms with Gasteiger partial charge in [-0.05, 0) is 71.3 Å². The molecule has 0 amide bonds. The fraction of sp³-hybridized carbons (Fsp3) is 0.133. The third kappa shape index (κ3) is 2.49. The summed E-state index contributed by atoms with van der Waals surface area (Å²) in [7, 11) is 0. The molecular weight excluding hydrogens is 419 g/mol. The van der Waals surface area contributed by atoms with Gasteiger partial charge in [-0.1, -0.05) is 15.9 Å². The van der Waals surface area contributed by atoms with Gasteiger partial charge in [-0.2, -0.15) is 0 Å². The zero-order valence-electron chi connectivity index (χ0n) is 11.3. The number of halogens is 3. The Hall–Kier alpha value is -0.980. The summed E-state index contributed by atoms with van der Waals surface area (Å²) in [4.78, 5) is 3.05. The predicted octanol–water partition coefficient (Wildman–Crippen LogP) is 5.97. The highest BCUT2D eigenvalue weighted by atomic mass is 79.9. The SMILES string of the molecule is Cc1cc(-n2c(=S)[nH]c3cc(F)c(Br)cc32)cc(C)c1Br. The van der Waals surface area contributed by atoms with E-state index in [2.05, 4.69) is 49.0 Å². The van der Waals surface area contributed by atoms with Gasteiger partial charge in [0.1, 0.15) is 5.82 Å². The number of imidazole rings is 1. The van der Waals surface area contributed by atoms with E-state index in [-0.39, 0.29) is 5.82 Å². The number of benzene rings is 2. The average Bonchev–Trinajstić information content (AvgIpc) is 2.71. The van der Waals surface area contributed by atoms with Crippen LogP contribution in [0.4, 0.5) is 4.39 Å². The van der Waals surface area contributed by atoms with Gasteiger partial charge in [0.2, 0.25) is 0 Å². The maximum absolute atomic E-state index is 13.7. The summed E-state index contributed by atoms with van der Waals surface area (Å²) in [5.41, 5.74) is 4.74. The molecule has 6 heteroatoms. The molecule has 0 saturated carbocycles. The standard InChI is InChI=1S/C15H11Br2FN2S/c1-7-3-9(4-8(2)14(7)17)20-13-5-10(16)11(18)6-12(13)19-15(20)21/h3-6H,1-2H3,(H,19,21). The van der Waals surface area contributed by atoms with Crippen LogP contribution in [0.2, 0.25) is 0 Å². The largest absolute Gasteiger partial charge is 0.330 e. The molecule has 0 bridgehead atoms. The second-order valence-corrected chi connectivity index (χ2v) is 6.98. The van der Waals surface area contributed by atoms with Crippen molar-refractivity contribution >= 4 is 55.1 Å². The minimum Gasteiger partial charge on any atom is -0.330 e. The fourth-order valence-corrected chi connectivity index (χ4v) is 3.28. The van der Waals surface area contributed by atoms with Gasteiger partial charge in [-0.25, -0.2) is 4.39 Å². The minimum absolute atomic E-state index is 0.311. The molecule has 2 aromatic carbocycles. The van der Waals surface area contributed by atoms with E-state index in [1.54, 1.807) is 6.07 Å². The number of nitrogens with zero attached hydrogens (tertiary/aromatic N) is 1. The molecule has 0 unspecified atom stereocenters. The number of hydrogen-bond acceptors (Lipinski definition) is 1. The van der Waals surface area contributed by atoms with Crippen molar-refractivity contribution in [2.45, 2.75) is 13.8 Å². The topological polar surface area (TPSA) is 20.7 Å². The number of fused-ring (bicyclic) bond motifs is 1. The smallest absolute Gasteiger partial charge is 0.182 e. The number of nitrogens with one attached hydrogen (secondary N) is 1. The average molecular weight is 430 g/mol. The van der Waals surface area contributed by atoms with Crippen LogP contribution in [0.25, 0.3) is 16.7 Å². The van der Waals surface area contributed by atoms with Crippen LogP contribution in [-0.2, 0) is 0 Å². The van der Waals surface area contributed by atoms with Gasteiger partial charge in [0.15, 0.2) is 4.77 Å². The van der Waals surface area contributed by atoms with E-state index in [1.165, 1.54) is 6.07 Å². The maximum Gasteiger partial charge on any atom is 0.182 e. The first-order valence-electron chi connectivity index (χ1n) is 6.25. The number of aryl methyl sites for hydroxylation is 2. The Bertz CT molecular complexity index is 904. The number of rotatable bonds is 1. The molecule has 0 aliphatic carbocycles. The van der Waals surface area contributed by atoms with Crippen molar-refractivity contribution in [3.63, 3.8) is 0 Å². The van der Waals surface area contributed by atoms with Crippen molar-refractivity contribution in [1.82, 2.24) is 9.55 Å². The van der Waals surface area contributed by atoms with Crippen LogP contribution in [0.5, 0.6) is 0 Å². The van der Waals surface area contributed by atoms with E-state index in [0.717, 1.165) is 26.8 Å². The molecule has 2 nitrogen and oxygen atoms in total. The van der Waals surface area contributed by atoms with Crippen LogP contribution in [0.3, 0.4) is 0 Å². The van der Waals surface area contributed by atoms with Crippen LogP contribution in [0, 0.1) is 24.4 Å². The van der Waals surface area contributed by atoms with Crippen LogP contribution < -0.4 is 0 Å². The highest BCUT2D eigenvalue weighted by Crippen LogP contribution is 2.29. The molecule has 3 rings (SSSR count).